The van der Waals surface area contributed by atoms with Crippen LogP contribution in [0.15, 0.2) is 0 Å². The molecule has 4 heteroatoms. The third kappa shape index (κ3) is 5.20. The van der Waals surface area contributed by atoms with Crippen molar-refractivity contribution in [1.29, 1.82) is 0 Å². The van der Waals surface area contributed by atoms with Gasteiger partial charge < -0.3 is 10.4 Å². The van der Waals surface area contributed by atoms with Crippen molar-refractivity contribution in [2.45, 2.75) is 19.4 Å². The number of nitrogens with one attached hydrogen (secondary N) is 1. The van der Waals surface area contributed by atoms with E-state index < -0.39 is 0 Å². The average Bonchev–Trinajstić information content (AvgIpc) is 2.20. The minimum absolute atomic E-state index is 0.204. The second-order valence-corrected chi connectivity index (χ2v) is 5.00. The Hall–Kier alpha value is 0.230. The molecule has 0 aromatic heterocycles. The Morgan fingerprint density at radius 3 is 2.79 bits per heavy atom. The van der Waals surface area contributed by atoms with E-state index in [1.54, 1.807) is 0 Å². The number of hydrogen-bond acceptors (Lipinski definition) is 4. The molecule has 84 valence electrons. The van der Waals surface area contributed by atoms with Crippen LogP contribution in [0.1, 0.15) is 13.3 Å². The van der Waals surface area contributed by atoms with Crippen LogP contribution >= 0.6 is 11.8 Å². The van der Waals surface area contributed by atoms with Crippen LogP contribution in [0.3, 0.4) is 0 Å². The van der Waals surface area contributed by atoms with Gasteiger partial charge in [0.25, 0.3) is 0 Å². The lowest BCUT2D eigenvalue weighted by atomic mass is 10.3. The number of β-amino-alcohol motifs (C(OH)–C–C–N with tert-alkyl or cyclic N) is 1. The third-order valence-electron chi connectivity index (χ3n) is 2.38. The molecule has 1 atom stereocenters. The summed E-state index contributed by atoms with van der Waals surface area (Å²) >= 11 is 2.01. The molecule has 0 spiro atoms. The zero-order chi connectivity index (χ0) is 10.2. The third-order valence-corrected chi connectivity index (χ3v) is 3.32. The van der Waals surface area contributed by atoms with Gasteiger partial charge in [0, 0.05) is 37.7 Å². The fourth-order valence-electron chi connectivity index (χ4n) is 1.59. The molecule has 14 heavy (non-hydrogen) atoms. The summed E-state index contributed by atoms with van der Waals surface area (Å²) in [7, 11) is 0. The minimum Gasteiger partial charge on any atom is -0.390 e. The Bertz CT molecular complexity index is 140. The normalized spacial score (nSPS) is 21.0. The summed E-state index contributed by atoms with van der Waals surface area (Å²) in [6, 6.07) is 0. The van der Waals surface area contributed by atoms with E-state index in [0.717, 1.165) is 39.1 Å². The van der Waals surface area contributed by atoms with Gasteiger partial charge in [-0.15, -0.1) is 0 Å². The summed E-state index contributed by atoms with van der Waals surface area (Å²) in [6.45, 7) is 6.98. The average molecular weight is 218 g/mol. The SMILES string of the molecule is CCCNCC(O)CN1CCSCC1. The van der Waals surface area contributed by atoms with Gasteiger partial charge >= 0.3 is 0 Å². The van der Waals surface area contributed by atoms with Gasteiger partial charge in [-0.3, -0.25) is 4.90 Å². The van der Waals surface area contributed by atoms with Crippen molar-refractivity contribution in [2.24, 2.45) is 0 Å². The van der Waals surface area contributed by atoms with Gasteiger partial charge in [0.05, 0.1) is 6.10 Å². The van der Waals surface area contributed by atoms with Gasteiger partial charge in [0.2, 0.25) is 0 Å². The molecular formula is C10H22N2OS. The maximum Gasteiger partial charge on any atom is 0.0791 e. The second-order valence-electron chi connectivity index (χ2n) is 3.77. The molecule has 0 radical (unpaired) electrons. The smallest absolute Gasteiger partial charge is 0.0791 e. The van der Waals surface area contributed by atoms with Crippen LogP contribution in [-0.4, -0.2) is 60.3 Å². The van der Waals surface area contributed by atoms with E-state index in [2.05, 4.69) is 17.1 Å². The molecule has 0 aromatic carbocycles. The lowest BCUT2D eigenvalue weighted by Gasteiger charge is -2.28. The number of rotatable bonds is 6. The van der Waals surface area contributed by atoms with E-state index in [1.807, 2.05) is 11.8 Å². The largest absolute Gasteiger partial charge is 0.390 e. The summed E-state index contributed by atoms with van der Waals surface area (Å²) in [5.74, 6) is 2.43. The summed E-state index contributed by atoms with van der Waals surface area (Å²) in [5.41, 5.74) is 0. The van der Waals surface area contributed by atoms with E-state index in [1.165, 1.54) is 11.5 Å². The van der Waals surface area contributed by atoms with Crippen LogP contribution in [0, 0.1) is 0 Å². The number of aliphatic hydroxyl groups is 1. The second kappa shape index (κ2) is 7.51. The van der Waals surface area contributed by atoms with Gasteiger partial charge in [-0.05, 0) is 13.0 Å². The van der Waals surface area contributed by atoms with Crippen LogP contribution in [0.5, 0.6) is 0 Å². The van der Waals surface area contributed by atoms with Gasteiger partial charge in [-0.1, -0.05) is 6.92 Å². The van der Waals surface area contributed by atoms with E-state index in [-0.39, 0.29) is 6.10 Å². The summed E-state index contributed by atoms with van der Waals surface area (Å²) in [6.07, 6.45) is 0.928. The molecule has 0 saturated carbocycles. The van der Waals surface area contributed by atoms with Gasteiger partial charge in [-0.2, -0.15) is 11.8 Å². The molecule has 2 N–H and O–H groups in total. The molecule has 1 rings (SSSR count). The highest BCUT2D eigenvalue weighted by atomic mass is 32.2. The van der Waals surface area contributed by atoms with Crippen molar-refractivity contribution in [3.8, 4) is 0 Å². The van der Waals surface area contributed by atoms with Gasteiger partial charge in [0.1, 0.15) is 0 Å². The Morgan fingerprint density at radius 1 is 1.43 bits per heavy atom. The zero-order valence-electron chi connectivity index (χ0n) is 9.04. The highest BCUT2D eigenvalue weighted by molar-refractivity contribution is 7.99. The lowest BCUT2D eigenvalue weighted by molar-refractivity contribution is 0.117. The maximum atomic E-state index is 9.72. The first-order chi connectivity index (χ1) is 6.83. The minimum atomic E-state index is -0.204. The lowest BCUT2D eigenvalue weighted by Crippen LogP contribution is -2.42. The first-order valence-electron chi connectivity index (χ1n) is 5.51. The first-order valence-corrected chi connectivity index (χ1v) is 6.67. The summed E-state index contributed by atoms with van der Waals surface area (Å²) < 4.78 is 0. The fourth-order valence-corrected chi connectivity index (χ4v) is 2.57. The van der Waals surface area contributed by atoms with Crippen molar-refractivity contribution >= 4 is 11.8 Å². The van der Waals surface area contributed by atoms with E-state index >= 15 is 0 Å². The van der Waals surface area contributed by atoms with Crippen LogP contribution in [0.25, 0.3) is 0 Å². The predicted molar refractivity (Wildman–Crippen MR) is 62.9 cm³/mol. The van der Waals surface area contributed by atoms with Crippen molar-refractivity contribution in [3.05, 3.63) is 0 Å². The van der Waals surface area contributed by atoms with Crippen molar-refractivity contribution in [2.75, 3.05) is 44.2 Å². The maximum absolute atomic E-state index is 9.72. The molecule has 0 aromatic rings. The van der Waals surface area contributed by atoms with Crippen LogP contribution in [-0.2, 0) is 0 Å². The number of aliphatic hydroxyl groups excluding tert-OH is 1. The first kappa shape index (κ1) is 12.3. The quantitative estimate of drug-likeness (QED) is 0.633. The monoisotopic (exact) mass is 218 g/mol. The molecule has 0 aliphatic carbocycles. The molecule has 1 saturated heterocycles. The summed E-state index contributed by atoms with van der Waals surface area (Å²) in [4.78, 5) is 2.36. The number of hydrogen-bond donors (Lipinski definition) is 2. The van der Waals surface area contributed by atoms with Crippen molar-refractivity contribution in [1.82, 2.24) is 10.2 Å². The Labute approximate surface area is 91.2 Å². The molecule has 0 bridgehead atoms. The van der Waals surface area contributed by atoms with Gasteiger partial charge in [0.15, 0.2) is 0 Å². The molecular weight excluding hydrogens is 196 g/mol. The molecule has 1 fully saturated rings. The van der Waals surface area contributed by atoms with Crippen molar-refractivity contribution in [3.63, 3.8) is 0 Å². The standard InChI is InChI=1S/C10H22N2OS/c1-2-3-11-8-10(13)9-12-4-6-14-7-5-12/h10-11,13H,2-9H2,1H3. The molecule has 1 aliphatic rings. The number of thioether (sulfide) groups is 1. The van der Waals surface area contributed by atoms with Crippen LogP contribution in [0.4, 0.5) is 0 Å². The number of nitrogens with zero attached hydrogens (tertiary/aromatic N) is 1. The van der Waals surface area contributed by atoms with Crippen molar-refractivity contribution < 1.29 is 5.11 Å². The fraction of sp³-hybridized carbons (Fsp3) is 1.00. The topological polar surface area (TPSA) is 35.5 Å². The van der Waals surface area contributed by atoms with E-state index in [9.17, 15) is 5.11 Å². The molecule has 1 heterocycles. The molecule has 1 unspecified atom stereocenters. The molecule has 3 nitrogen and oxygen atoms in total. The Kier molecular flexibility index (Phi) is 6.60. The van der Waals surface area contributed by atoms with E-state index in [4.69, 9.17) is 0 Å². The highest BCUT2D eigenvalue weighted by Gasteiger charge is 2.13. The van der Waals surface area contributed by atoms with Gasteiger partial charge in [-0.25, -0.2) is 0 Å². The van der Waals surface area contributed by atoms with Crippen LogP contribution < -0.4 is 5.32 Å². The molecule has 0 amide bonds. The summed E-state index contributed by atoms with van der Waals surface area (Å²) in [5, 5.41) is 13.0. The zero-order valence-corrected chi connectivity index (χ0v) is 9.85. The predicted octanol–water partition coefficient (Wildman–Crippen LogP) is 0.396. The highest BCUT2D eigenvalue weighted by Crippen LogP contribution is 2.08. The Morgan fingerprint density at radius 2 is 2.14 bits per heavy atom. The Balaban J connectivity index is 2.03. The molecule has 1 aliphatic heterocycles. The van der Waals surface area contributed by atoms with E-state index in [0.29, 0.717) is 0 Å². The van der Waals surface area contributed by atoms with Crippen LogP contribution in [0.2, 0.25) is 0 Å².